The molecule has 20 heavy (non-hydrogen) atoms. The van der Waals surface area contributed by atoms with Crippen molar-refractivity contribution in [3.8, 4) is 0 Å². The van der Waals surface area contributed by atoms with Gasteiger partial charge in [0.25, 0.3) is 0 Å². The Bertz CT molecular complexity index is 192. The van der Waals surface area contributed by atoms with Crippen LogP contribution in [0.25, 0.3) is 0 Å². The molecule has 0 spiro atoms. The summed E-state index contributed by atoms with van der Waals surface area (Å²) in [6.07, 6.45) is 24.4. The van der Waals surface area contributed by atoms with Crippen LogP contribution in [0.1, 0.15) is 111 Å². The monoisotopic (exact) mass is 280 g/mol. The van der Waals surface area contributed by atoms with E-state index in [1.807, 2.05) is 0 Å². The minimum Gasteiger partial charge on any atom is -0.0885 e. The Morgan fingerprint density at radius 2 is 1.20 bits per heavy atom. The van der Waals surface area contributed by atoms with Gasteiger partial charge in [-0.1, -0.05) is 97.1 Å². The molecule has 0 saturated carbocycles. The van der Waals surface area contributed by atoms with Crippen LogP contribution in [0.3, 0.4) is 0 Å². The molecule has 0 heterocycles. The molecular weight excluding hydrogens is 240 g/mol. The van der Waals surface area contributed by atoms with Crippen molar-refractivity contribution in [3.63, 3.8) is 0 Å². The third-order valence-electron chi connectivity index (χ3n) is 4.30. The molecule has 0 nitrogen and oxygen atoms in total. The van der Waals surface area contributed by atoms with Crippen molar-refractivity contribution in [1.29, 1.82) is 0 Å². The summed E-state index contributed by atoms with van der Waals surface area (Å²) in [5.74, 6) is 0.987. The Hall–Kier alpha value is -0.260. The molecule has 120 valence electrons. The summed E-state index contributed by atoms with van der Waals surface area (Å²) in [6, 6.07) is 0. The summed E-state index contributed by atoms with van der Waals surface area (Å²) < 4.78 is 0. The van der Waals surface area contributed by atoms with Gasteiger partial charge in [0.1, 0.15) is 0 Å². The van der Waals surface area contributed by atoms with Gasteiger partial charge in [0.2, 0.25) is 0 Å². The van der Waals surface area contributed by atoms with Crippen molar-refractivity contribution in [2.75, 3.05) is 0 Å². The normalized spacial score (nSPS) is 13.2. The highest BCUT2D eigenvalue weighted by Gasteiger charge is 2.05. The van der Waals surface area contributed by atoms with Crippen LogP contribution in [0.15, 0.2) is 12.2 Å². The summed E-state index contributed by atoms with van der Waals surface area (Å²) in [5.41, 5.74) is 0. The van der Waals surface area contributed by atoms with Crippen molar-refractivity contribution < 1.29 is 0 Å². The summed E-state index contributed by atoms with van der Waals surface area (Å²) >= 11 is 0. The van der Waals surface area contributed by atoms with Crippen LogP contribution in [-0.2, 0) is 0 Å². The van der Waals surface area contributed by atoms with Crippen LogP contribution in [0.2, 0.25) is 0 Å². The standard InChI is InChI=1S/C20H40/c1-4-7-9-10-11-12-13-14-16-19-20(17-6-3)18-15-8-5-2/h13-14,20H,4-12,15-19H2,1-3H3. The van der Waals surface area contributed by atoms with Gasteiger partial charge in [-0.3, -0.25) is 0 Å². The molecule has 0 bridgehead atoms. The lowest BCUT2D eigenvalue weighted by Crippen LogP contribution is -1.99. The predicted molar refractivity (Wildman–Crippen MR) is 94.3 cm³/mol. The molecule has 0 aliphatic carbocycles. The van der Waals surface area contributed by atoms with Gasteiger partial charge in [-0.2, -0.15) is 0 Å². The molecule has 0 radical (unpaired) electrons. The second kappa shape index (κ2) is 16.8. The molecule has 1 atom stereocenters. The SMILES string of the molecule is CCCCCCCC=CCCC(CCC)CCCCC. The topological polar surface area (TPSA) is 0 Å². The van der Waals surface area contributed by atoms with Crippen molar-refractivity contribution in [2.45, 2.75) is 111 Å². The summed E-state index contributed by atoms with van der Waals surface area (Å²) in [5, 5.41) is 0. The zero-order chi connectivity index (χ0) is 14.9. The van der Waals surface area contributed by atoms with Gasteiger partial charge >= 0.3 is 0 Å². The minimum atomic E-state index is 0.987. The Morgan fingerprint density at radius 1 is 0.550 bits per heavy atom. The van der Waals surface area contributed by atoms with E-state index in [0.29, 0.717) is 0 Å². The van der Waals surface area contributed by atoms with Crippen molar-refractivity contribution in [1.82, 2.24) is 0 Å². The van der Waals surface area contributed by atoms with Crippen LogP contribution in [0, 0.1) is 5.92 Å². The smallest absolute Gasteiger partial charge is 0.0348 e. The quantitative estimate of drug-likeness (QED) is 0.213. The first-order valence-corrected chi connectivity index (χ1v) is 9.50. The first kappa shape index (κ1) is 19.7. The van der Waals surface area contributed by atoms with Gasteiger partial charge in [0, 0.05) is 0 Å². The number of hydrogen-bond donors (Lipinski definition) is 0. The molecule has 0 heteroatoms. The lowest BCUT2D eigenvalue weighted by Gasteiger charge is -2.14. The maximum absolute atomic E-state index is 2.45. The lowest BCUT2D eigenvalue weighted by molar-refractivity contribution is 0.400. The van der Waals surface area contributed by atoms with E-state index >= 15 is 0 Å². The lowest BCUT2D eigenvalue weighted by atomic mass is 9.92. The molecule has 0 saturated heterocycles. The fourth-order valence-corrected chi connectivity index (χ4v) is 2.96. The number of unbranched alkanes of at least 4 members (excludes halogenated alkanes) is 7. The summed E-state index contributed by atoms with van der Waals surface area (Å²) in [4.78, 5) is 0. The first-order chi connectivity index (χ1) is 9.85. The van der Waals surface area contributed by atoms with Gasteiger partial charge in [-0.05, 0) is 31.6 Å². The zero-order valence-corrected chi connectivity index (χ0v) is 14.6. The van der Waals surface area contributed by atoms with E-state index in [1.54, 1.807) is 0 Å². The van der Waals surface area contributed by atoms with E-state index in [9.17, 15) is 0 Å². The molecule has 0 aliphatic rings. The Balaban J connectivity index is 3.50. The van der Waals surface area contributed by atoms with Crippen LogP contribution < -0.4 is 0 Å². The summed E-state index contributed by atoms with van der Waals surface area (Å²) in [7, 11) is 0. The highest BCUT2D eigenvalue weighted by Crippen LogP contribution is 2.21. The number of rotatable bonds is 15. The third kappa shape index (κ3) is 14.2. The average molecular weight is 281 g/mol. The van der Waals surface area contributed by atoms with Crippen LogP contribution in [0.5, 0.6) is 0 Å². The van der Waals surface area contributed by atoms with Crippen LogP contribution in [-0.4, -0.2) is 0 Å². The van der Waals surface area contributed by atoms with Crippen LogP contribution >= 0.6 is 0 Å². The third-order valence-corrected chi connectivity index (χ3v) is 4.30. The molecule has 1 unspecified atom stereocenters. The van der Waals surface area contributed by atoms with Crippen molar-refractivity contribution in [2.24, 2.45) is 5.92 Å². The first-order valence-electron chi connectivity index (χ1n) is 9.50. The van der Waals surface area contributed by atoms with Crippen molar-refractivity contribution in [3.05, 3.63) is 12.2 Å². The van der Waals surface area contributed by atoms with Gasteiger partial charge in [-0.15, -0.1) is 0 Å². The van der Waals surface area contributed by atoms with Gasteiger partial charge in [0.15, 0.2) is 0 Å². The number of hydrogen-bond acceptors (Lipinski definition) is 0. The zero-order valence-electron chi connectivity index (χ0n) is 14.6. The largest absolute Gasteiger partial charge is 0.0885 e. The maximum atomic E-state index is 2.45. The predicted octanol–water partition coefficient (Wildman–Crippen LogP) is 7.68. The van der Waals surface area contributed by atoms with Gasteiger partial charge in [-0.25, -0.2) is 0 Å². The Morgan fingerprint density at radius 3 is 1.90 bits per heavy atom. The second-order valence-electron chi connectivity index (χ2n) is 6.40. The van der Waals surface area contributed by atoms with Gasteiger partial charge < -0.3 is 0 Å². The molecule has 0 amide bonds. The number of allylic oxidation sites excluding steroid dienone is 2. The molecule has 0 aliphatic heterocycles. The Kier molecular flexibility index (Phi) is 16.6. The second-order valence-corrected chi connectivity index (χ2v) is 6.40. The van der Waals surface area contributed by atoms with Gasteiger partial charge in [0.05, 0.1) is 0 Å². The van der Waals surface area contributed by atoms with E-state index in [2.05, 4.69) is 32.9 Å². The molecule has 0 rings (SSSR count). The van der Waals surface area contributed by atoms with Crippen molar-refractivity contribution >= 4 is 0 Å². The molecule has 0 aromatic carbocycles. The maximum Gasteiger partial charge on any atom is -0.0348 e. The highest BCUT2D eigenvalue weighted by molar-refractivity contribution is 4.82. The van der Waals surface area contributed by atoms with E-state index in [1.165, 1.54) is 89.9 Å². The molecule has 0 N–H and O–H groups in total. The molecule has 0 aromatic heterocycles. The molecular formula is C20H40. The molecule has 0 aromatic rings. The van der Waals surface area contributed by atoms with E-state index < -0.39 is 0 Å². The van der Waals surface area contributed by atoms with Crippen LogP contribution in [0.4, 0.5) is 0 Å². The van der Waals surface area contributed by atoms with E-state index in [-0.39, 0.29) is 0 Å². The average Bonchev–Trinajstić information content (AvgIpc) is 2.45. The minimum absolute atomic E-state index is 0.987. The fraction of sp³-hybridized carbons (Fsp3) is 0.900. The highest BCUT2D eigenvalue weighted by atomic mass is 14.1. The van der Waals surface area contributed by atoms with E-state index in [0.717, 1.165) is 5.92 Å². The Labute approximate surface area is 129 Å². The fourth-order valence-electron chi connectivity index (χ4n) is 2.96. The summed E-state index contributed by atoms with van der Waals surface area (Å²) in [6.45, 7) is 6.92. The molecule has 0 fully saturated rings. The van der Waals surface area contributed by atoms with E-state index in [4.69, 9.17) is 0 Å².